The summed E-state index contributed by atoms with van der Waals surface area (Å²) in [6.07, 6.45) is 1.79. The van der Waals surface area contributed by atoms with E-state index in [1.165, 1.54) is 0 Å². The monoisotopic (exact) mass is 229 g/mol. The van der Waals surface area contributed by atoms with Crippen molar-refractivity contribution in [2.24, 2.45) is 4.99 Å². The van der Waals surface area contributed by atoms with E-state index >= 15 is 0 Å². The first-order chi connectivity index (χ1) is 7.85. The fourth-order valence-corrected chi connectivity index (χ4v) is 0.977. The fourth-order valence-electron chi connectivity index (χ4n) is 0.977. The second-order valence-corrected chi connectivity index (χ2v) is 3.04. The minimum absolute atomic E-state index is 0.605. The van der Waals surface area contributed by atoms with E-state index in [2.05, 4.69) is 22.2 Å². The predicted molar refractivity (Wildman–Crippen MR) is 66.9 cm³/mol. The number of ether oxygens (including phenoxy) is 2. The molecule has 0 amide bonds. The van der Waals surface area contributed by atoms with Gasteiger partial charge in [0.1, 0.15) is 0 Å². The first kappa shape index (κ1) is 14.9. The molecule has 0 spiro atoms. The fraction of sp³-hybridized carbons (Fsp3) is 0.727. The molecule has 5 nitrogen and oxygen atoms in total. The van der Waals surface area contributed by atoms with E-state index in [1.807, 2.05) is 6.92 Å². The molecule has 0 aliphatic heterocycles. The van der Waals surface area contributed by atoms with Gasteiger partial charge in [-0.25, -0.2) is 0 Å². The van der Waals surface area contributed by atoms with Gasteiger partial charge in [-0.2, -0.15) is 0 Å². The molecule has 0 atom stereocenters. The Labute approximate surface area is 97.9 Å². The third-order valence-electron chi connectivity index (χ3n) is 1.70. The summed E-state index contributed by atoms with van der Waals surface area (Å²) < 4.78 is 10.2. The number of guanidine groups is 1. The van der Waals surface area contributed by atoms with Crippen molar-refractivity contribution in [1.29, 1.82) is 0 Å². The summed E-state index contributed by atoms with van der Waals surface area (Å²) in [5, 5.41) is 6.24. The summed E-state index contributed by atoms with van der Waals surface area (Å²) >= 11 is 0. The third kappa shape index (κ3) is 9.48. The van der Waals surface area contributed by atoms with Crippen molar-refractivity contribution in [3.8, 4) is 0 Å². The van der Waals surface area contributed by atoms with Gasteiger partial charge in [0.05, 0.1) is 26.4 Å². The van der Waals surface area contributed by atoms with E-state index in [-0.39, 0.29) is 0 Å². The van der Waals surface area contributed by atoms with Crippen LogP contribution in [0, 0.1) is 0 Å². The molecule has 0 aromatic heterocycles. The summed E-state index contributed by atoms with van der Waals surface area (Å²) in [6, 6.07) is 0. The molecule has 0 unspecified atom stereocenters. The standard InChI is InChI=1S/C11H23N3O2/c1-4-6-13-11(12-5-2)14-7-8-16-10-9-15-3/h4H,1,5-10H2,2-3H3,(H2,12,13,14). The molecule has 0 heterocycles. The highest BCUT2D eigenvalue weighted by Crippen LogP contribution is 1.79. The van der Waals surface area contributed by atoms with Crippen molar-refractivity contribution in [3.05, 3.63) is 12.7 Å². The Morgan fingerprint density at radius 3 is 2.75 bits per heavy atom. The lowest BCUT2D eigenvalue weighted by Gasteiger charge is -2.09. The maximum atomic E-state index is 5.30. The highest BCUT2D eigenvalue weighted by Gasteiger charge is 1.93. The lowest BCUT2D eigenvalue weighted by Crippen LogP contribution is -2.37. The van der Waals surface area contributed by atoms with Crippen LogP contribution in [0.3, 0.4) is 0 Å². The Hall–Kier alpha value is -1.07. The van der Waals surface area contributed by atoms with E-state index in [9.17, 15) is 0 Å². The molecule has 2 N–H and O–H groups in total. The van der Waals surface area contributed by atoms with Crippen LogP contribution in [0.25, 0.3) is 0 Å². The van der Waals surface area contributed by atoms with Crippen LogP contribution in [0.1, 0.15) is 6.92 Å². The molecule has 0 aromatic carbocycles. The Morgan fingerprint density at radius 1 is 1.31 bits per heavy atom. The van der Waals surface area contributed by atoms with E-state index in [0.29, 0.717) is 32.9 Å². The van der Waals surface area contributed by atoms with Gasteiger partial charge in [-0.05, 0) is 6.92 Å². The Morgan fingerprint density at radius 2 is 2.12 bits per heavy atom. The molecule has 0 rings (SSSR count). The number of rotatable bonds is 9. The topological polar surface area (TPSA) is 54.9 Å². The van der Waals surface area contributed by atoms with E-state index < -0.39 is 0 Å². The van der Waals surface area contributed by atoms with Crippen molar-refractivity contribution < 1.29 is 9.47 Å². The normalized spacial score (nSPS) is 11.2. The van der Waals surface area contributed by atoms with Gasteiger partial charge in [0.2, 0.25) is 0 Å². The molecule has 0 saturated heterocycles. The maximum Gasteiger partial charge on any atom is 0.191 e. The summed E-state index contributed by atoms with van der Waals surface area (Å²) in [7, 11) is 1.66. The second-order valence-electron chi connectivity index (χ2n) is 3.04. The summed E-state index contributed by atoms with van der Waals surface area (Å²) in [4.78, 5) is 4.33. The van der Waals surface area contributed by atoms with Gasteiger partial charge in [-0.1, -0.05) is 6.08 Å². The molecule has 0 saturated carbocycles. The van der Waals surface area contributed by atoms with Crippen LogP contribution in [0.2, 0.25) is 0 Å². The largest absolute Gasteiger partial charge is 0.382 e. The number of aliphatic imine (C=N–C) groups is 1. The van der Waals surface area contributed by atoms with Crippen LogP contribution in [0.5, 0.6) is 0 Å². The zero-order chi connectivity index (χ0) is 12.1. The van der Waals surface area contributed by atoms with E-state index in [1.54, 1.807) is 13.2 Å². The number of hydrogen-bond acceptors (Lipinski definition) is 3. The molecule has 0 aliphatic rings. The minimum Gasteiger partial charge on any atom is -0.382 e. The van der Waals surface area contributed by atoms with Gasteiger partial charge in [-0.3, -0.25) is 4.99 Å². The molecule has 0 bridgehead atoms. The molecule has 16 heavy (non-hydrogen) atoms. The smallest absolute Gasteiger partial charge is 0.191 e. The Kier molecular flexibility index (Phi) is 11.2. The van der Waals surface area contributed by atoms with Crippen LogP contribution in [-0.4, -0.2) is 52.5 Å². The number of nitrogens with one attached hydrogen (secondary N) is 2. The zero-order valence-corrected chi connectivity index (χ0v) is 10.3. The summed E-state index contributed by atoms with van der Waals surface area (Å²) in [5.74, 6) is 0.790. The van der Waals surface area contributed by atoms with Crippen LogP contribution in [0.15, 0.2) is 17.6 Å². The van der Waals surface area contributed by atoms with Crippen molar-refractivity contribution in [3.63, 3.8) is 0 Å². The SMILES string of the molecule is C=CCNC(=NCCOCCOC)NCC. The lowest BCUT2D eigenvalue weighted by molar-refractivity contribution is 0.0748. The molecule has 0 aliphatic carbocycles. The van der Waals surface area contributed by atoms with E-state index in [4.69, 9.17) is 9.47 Å². The van der Waals surface area contributed by atoms with Crippen molar-refractivity contribution >= 4 is 5.96 Å². The van der Waals surface area contributed by atoms with Crippen molar-refractivity contribution in [1.82, 2.24) is 10.6 Å². The summed E-state index contributed by atoms with van der Waals surface area (Å²) in [5.41, 5.74) is 0. The van der Waals surface area contributed by atoms with Gasteiger partial charge < -0.3 is 20.1 Å². The average molecular weight is 229 g/mol. The molecule has 0 fully saturated rings. The zero-order valence-electron chi connectivity index (χ0n) is 10.3. The van der Waals surface area contributed by atoms with Gasteiger partial charge in [-0.15, -0.1) is 6.58 Å². The predicted octanol–water partition coefficient (Wildman–Crippen LogP) is 0.391. The quantitative estimate of drug-likeness (QED) is 0.260. The highest BCUT2D eigenvalue weighted by atomic mass is 16.5. The molecule has 94 valence electrons. The lowest BCUT2D eigenvalue weighted by atomic mass is 10.6. The van der Waals surface area contributed by atoms with Gasteiger partial charge in [0.15, 0.2) is 5.96 Å². The molecular weight excluding hydrogens is 206 g/mol. The Bertz CT molecular complexity index is 196. The van der Waals surface area contributed by atoms with Crippen LogP contribution in [0.4, 0.5) is 0 Å². The van der Waals surface area contributed by atoms with Crippen molar-refractivity contribution in [2.45, 2.75) is 6.92 Å². The molecule has 0 aromatic rings. The highest BCUT2D eigenvalue weighted by molar-refractivity contribution is 5.79. The Balaban J connectivity index is 3.62. The number of methoxy groups -OCH3 is 1. The number of hydrogen-bond donors (Lipinski definition) is 2. The molecule has 5 heteroatoms. The molecular formula is C11H23N3O2. The second kappa shape index (κ2) is 12.0. The molecule has 0 radical (unpaired) electrons. The summed E-state index contributed by atoms with van der Waals surface area (Å²) in [6.45, 7) is 9.69. The van der Waals surface area contributed by atoms with Gasteiger partial charge in [0.25, 0.3) is 0 Å². The van der Waals surface area contributed by atoms with Crippen LogP contribution >= 0.6 is 0 Å². The van der Waals surface area contributed by atoms with Gasteiger partial charge >= 0.3 is 0 Å². The number of nitrogens with zero attached hydrogens (tertiary/aromatic N) is 1. The van der Waals surface area contributed by atoms with Crippen LogP contribution < -0.4 is 10.6 Å². The van der Waals surface area contributed by atoms with Crippen molar-refractivity contribution in [2.75, 3.05) is 46.6 Å². The van der Waals surface area contributed by atoms with Crippen LogP contribution in [-0.2, 0) is 9.47 Å². The minimum atomic E-state index is 0.605. The third-order valence-corrected chi connectivity index (χ3v) is 1.70. The first-order valence-electron chi connectivity index (χ1n) is 5.54. The first-order valence-corrected chi connectivity index (χ1v) is 5.54. The average Bonchev–Trinajstić information content (AvgIpc) is 2.30. The van der Waals surface area contributed by atoms with E-state index in [0.717, 1.165) is 12.5 Å². The maximum absolute atomic E-state index is 5.30. The van der Waals surface area contributed by atoms with Gasteiger partial charge in [0, 0.05) is 20.2 Å².